The molecular weight excluding hydrogens is 393 g/mol. The molecule has 1 aromatic heterocycles. The summed E-state index contributed by atoms with van der Waals surface area (Å²) in [5.74, 6) is -0.340. The summed E-state index contributed by atoms with van der Waals surface area (Å²) in [6.07, 6.45) is 6.51. The Kier molecular flexibility index (Phi) is 5.32. The second kappa shape index (κ2) is 8.27. The van der Waals surface area contributed by atoms with Gasteiger partial charge in [-0.25, -0.2) is 9.37 Å². The molecule has 1 amide bonds. The first-order valence-electron chi connectivity index (χ1n) is 11.0. The Balaban J connectivity index is 1.29. The third kappa shape index (κ3) is 3.76. The van der Waals surface area contributed by atoms with E-state index in [2.05, 4.69) is 10.3 Å². The van der Waals surface area contributed by atoms with Crippen molar-refractivity contribution in [2.45, 2.75) is 44.2 Å². The fourth-order valence-electron chi connectivity index (χ4n) is 5.23. The van der Waals surface area contributed by atoms with Gasteiger partial charge in [-0.2, -0.15) is 0 Å². The maximum atomic E-state index is 14.7. The summed E-state index contributed by atoms with van der Waals surface area (Å²) in [6, 6.07) is 14.3. The first-order valence-corrected chi connectivity index (χ1v) is 11.0. The maximum absolute atomic E-state index is 14.7. The fraction of sp³-hybridized carbons (Fsp3) is 0.360. The van der Waals surface area contributed by atoms with E-state index in [0.717, 1.165) is 36.2 Å². The number of hydrogen-bond acceptors (Lipinski definition) is 3. The minimum Gasteiger partial charge on any atom is -0.393 e. The van der Waals surface area contributed by atoms with E-state index >= 15 is 0 Å². The van der Waals surface area contributed by atoms with Crippen LogP contribution in [-0.2, 0) is 4.79 Å². The molecular formula is C25H26FN3O2. The molecule has 5 nitrogen and oxygen atoms in total. The van der Waals surface area contributed by atoms with E-state index in [1.807, 2.05) is 41.0 Å². The molecule has 160 valence electrons. The van der Waals surface area contributed by atoms with Crippen LogP contribution in [-0.4, -0.2) is 26.7 Å². The van der Waals surface area contributed by atoms with Crippen LogP contribution in [0.3, 0.4) is 0 Å². The lowest BCUT2D eigenvalue weighted by molar-refractivity contribution is -0.121. The van der Waals surface area contributed by atoms with Crippen LogP contribution in [0.2, 0.25) is 0 Å². The van der Waals surface area contributed by atoms with Gasteiger partial charge in [0.25, 0.3) is 0 Å². The van der Waals surface area contributed by atoms with Crippen LogP contribution in [0.25, 0.3) is 11.3 Å². The average Bonchev–Trinajstić information content (AvgIpc) is 3.38. The first-order chi connectivity index (χ1) is 15.1. The third-order valence-corrected chi connectivity index (χ3v) is 6.80. The fourth-order valence-corrected chi connectivity index (χ4v) is 5.23. The standard InChI is InChI=1S/C25H26FN3O2/c26-20-11-5-10-19-22-14-27-15-29(22)21(24(19)20)13-23(30)16-6-4-7-17(12-16)25(31)28-18-8-2-1-3-9-18/h1-3,5,8-11,14-17,21,23,30H,4,6-7,12-13H2,(H,28,31). The Labute approximate surface area is 180 Å². The number of amides is 1. The number of benzene rings is 2. The molecule has 1 aliphatic carbocycles. The van der Waals surface area contributed by atoms with E-state index in [1.165, 1.54) is 6.07 Å². The van der Waals surface area contributed by atoms with Crippen molar-refractivity contribution in [1.29, 1.82) is 0 Å². The van der Waals surface area contributed by atoms with Gasteiger partial charge in [-0.05, 0) is 49.8 Å². The number of fused-ring (bicyclic) bond motifs is 3. The summed E-state index contributed by atoms with van der Waals surface area (Å²) in [4.78, 5) is 17.0. The average molecular weight is 420 g/mol. The van der Waals surface area contributed by atoms with Crippen molar-refractivity contribution in [2.75, 3.05) is 5.32 Å². The molecule has 1 saturated carbocycles. The second-order valence-corrected chi connectivity index (χ2v) is 8.68. The lowest BCUT2D eigenvalue weighted by atomic mass is 9.76. The number of aliphatic hydroxyl groups is 1. The molecule has 4 atom stereocenters. The van der Waals surface area contributed by atoms with E-state index in [1.54, 1.807) is 18.6 Å². The van der Waals surface area contributed by atoms with Gasteiger partial charge in [-0.15, -0.1) is 0 Å². The number of carbonyl (C=O) groups excluding carboxylic acids is 1. The van der Waals surface area contributed by atoms with Gasteiger partial charge in [0.2, 0.25) is 5.91 Å². The quantitative estimate of drug-likeness (QED) is 0.625. The Morgan fingerprint density at radius 3 is 2.87 bits per heavy atom. The zero-order chi connectivity index (χ0) is 21.4. The van der Waals surface area contributed by atoms with Gasteiger partial charge in [0, 0.05) is 22.7 Å². The number of anilines is 1. The number of para-hydroxylation sites is 1. The van der Waals surface area contributed by atoms with Gasteiger partial charge in [0.1, 0.15) is 5.82 Å². The molecule has 1 fully saturated rings. The summed E-state index contributed by atoms with van der Waals surface area (Å²) < 4.78 is 16.6. The van der Waals surface area contributed by atoms with Crippen LogP contribution in [0.1, 0.15) is 43.7 Å². The van der Waals surface area contributed by atoms with Crippen LogP contribution in [0.15, 0.2) is 61.1 Å². The van der Waals surface area contributed by atoms with Gasteiger partial charge in [0.05, 0.1) is 30.4 Å². The van der Waals surface area contributed by atoms with Gasteiger partial charge in [0.15, 0.2) is 0 Å². The minimum atomic E-state index is -0.613. The monoisotopic (exact) mass is 419 g/mol. The smallest absolute Gasteiger partial charge is 0.227 e. The SMILES string of the molecule is O=C(Nc1ccccc1)C1CCCC(C(O)CC2c3c(F)cccc3-c3cncn32)C1. The zero-order valence-corrected chi connectivity index (χ0v) is 17.2. The molecule has 2 N–H and O–H groups in total. The normalized spacial score (nSPS) is 23.1. The number of carbonyl (C=O) groups is 1. The van der Waals surface area contributed by atoms with Crippen molar-refractivity contribution >= 4 is 11.6 Å². The molecule has 1 aliphatic heterocycles. The highest BCUT2D eigenvalue weighted by Crippen LogP contribution is 2.44. The predicted octanol–water partition coefficient (Wildman–Crippen LogP) is 4.79. The van der Waals surface area contributed by atoms with Crippen LogP contribution in [0, 0.1) is 17.7 Å². The molecule has 0 spiro atoms. The number of aromatic nitrogens is 2. The van der Waals surface area contributed by atoms with E-state index in [-0.39, 0.29) is 29.6 Å². The Bertz CT molecular complexity index is 1080. The molecule has 0 bridgehead atoms. The van der Waals surface area contributed by atoms with Crippen molar-refractivity contribution in [3.05, 3.63) is 72.4 Å². The Morgan fingerprint density at radius 2 is 2.03 bits per heavy atom. The lowest BCUT2D eigenvalue weighted by Crippen LogP contribution is -2.34. The van der Waals surface area contributed by atoms with E-state index in [9.17, 15) is 14.3 Å². The topological polar surface area (TPSA) is 67.2 Å². The number of halogens is 1. The molecule has 0 saturated heterocycles. The van der Waals surface area contributed by atoms with E-state index < -0.39 is 6.10 Å². The minimum absolute atomic E-state index is 0.0113. The Hall–Kier alpha value is -2.99. The van der Waals surface area contributed by atoms with Crippen LogP contribution in [0.5, 0.6) is 0 Å². The first kappa shape index (κ1) is 19.9. The lowest BCUT2D eigenvalue weighted by Gasteiger charge is -2.33. The van der Waals surface area contributed by atoms with Crippen LogP contribution < -0.4 is 5.32 Å². The molecule has 4 unspecified atom stereocenters. The Morgan fingerprint density at radius 1 is 1.19 bits per heavy atom. The third-order valence-electron chi connectivity index (χ3n) is 6.80. The van der Waals surface area contributed by atoms with Crippen molar-refractivity contribution < 1.29 is 14.3 Å². The van der Waals surface area contributed by atoms with Crippen molar-refractivity contribution in [3.63, 3.8) is 0 Å². The molecule has 31 heavy (non-hydrogen) atoms. The molecule has 2 aromatic carbocycles. The molecule has 6 heteroatoms. The highest BCUT2D eigenvalue weighted by Gasteiger charge is 2.36. The maximum Gasteiger partial charge on any atom is 0.227 e. The number of rotatable bonds is 5. The predicted molar refractivity (Wildman–Crippen MR) is 117 cm³/mol. The van der Waals surface area contributed by atoms with Gasteiger partial charge in [-0.1, -0.05) is 36.8 Å². The molecule has 5 rings (SSSR count). The highest BCUT2D eigenvalue weighted by molar-refractivity contribution is 5.92. The van der Waals surface area contributed by atoms with E-state index in [4.69, 9.17) is 0 Å². The summed E-state index contributed by atoms with van der Waals surface area (Å²) in [5.41, 5.74) is 3.16. The largest absolute Gasteiger partial charge is 0.393 e. The highest BCUT2D eigenvalue weighted by atomic mass is 19.1. The van der Waals surface area contributed by atoms with Gasteiger partial charge in [-0.3, -0.25) is 4.79 Å². The van der Waals surface area contributed by atoms with Crippen LogP contribution in [0.4, 0.5) is 10.1 Å². The van der Waals surface area contributed by atoms with Crippen molar-refractivity contribution in [2.24, 2.45) is 11.8 Å². The summed E-state index contributed by atoms with van der Waals surface area (Å²) in [5, 5.41) is 14.1. The summed E-state index contributed by atoms with van der Waals surface area (Å²) >= 11 is 0. The number of imidazole rings is 1. The second-order valence-electron chi connectivity index (χ2n) is 8.68. The summed E-state index contributed by atoms with van der Waals surface area (Å²) in [7, 11) is 0. The van der Waals surface area contributed by atoms with Gasteiger partial charge < -0.3 is 15.0 Å². The molecule has 2 aliphatic rings. The number of hydrogen-bond donors (Lipinski definition) is 2. The van der Waals surface area contributed by atoms with Crippen molar-refractivity contribution in [3.8, 4) is 11.3 Å². The van der Waals surface area contributed by atoms with Crippen molar-refractivity contribution in [1.82, 2.24) is 9.55 Å². The summed E-state index contributed by atoms with van der Waals surface area (Å²) in [6.45, 7) is 0. The molecule has 2 heterocycles. The number of aliphatic hydroxyl groups excluding tert-OH is 1. The van der Waals surface area contributed by atoms with Crippen LogP contribution >= 0.6 is 0 Å². The molecule has 0 radical (unpaired) electrons. The number of nitrogens with one attached hydrogen (secondary N) is 1. The number of nitrogens with zero attached hydrogens (tertiary/aromatic N) is 2. The van der Waals surface area contributed by atoms with E-state index in [0.29, 0.717) is 18.4 Å². The molecule has 3 aromatic rings. The zero-order valence-electron chi connectivity index (χ0n) is 17.2. The van der Waals surface area contributed by atoms with Gasteiger partial charge >= 0.3 is 0 Å².